The van der Waals surface area contributed by atoms with E-state index in [4.69, 9.17) is 27.9 Å². The van der Waals surface area contributed by atoms with Gasteiger partial charge in [0.15, 0.2) is 0 Å². The largest absolute Gasteiger partial charge is 0.371 e. The van der Waals surface area contributed by atoms with Crippen molar-refractivity contribution in [1.82, 2.24) is 4.31 Å². The lowest BCUT2D eigenvalue weighted by atomic mass is 10.1. The van der Waals surface area contributed by atoms with Gasteiger partial charge in [-0.2, -0.15) is 4.31 Å². The normalized spacial score (nSPS) is 19.3. The average molecular weight is 386 g/mol. The number of rotatable bonds is 4. The van der Waals surface area contributed by atoms with Crippen LogP contribution < -0.4 is 0 Å². The Hall–Kier alpha value is -1.11. The van der Waals surface area contributed by atoms with E-state index in [1.807, 2.05) is 12.1 Å². The third-order valence-corrected chi connectivity index (χ3v) is 6.25. The molecule has 0 N–H and O–H groups in total. The van der Waals surface area contributed by atoms with Crippen LogP contribution in [-0.4, -0.2) is 32.4 Å². The number of ether oxygens (including phenoxy) is 1. The van der Waals surface area contributed by atoms with Gasteiger partial charge >= 0.3 is 0 Å². The van der Waals surface area contributed by atoms with Crippen molar-refractivity contribution in [2.45, 2.75) is 11.9 Å². The highest BCUT2D eigenvalue weighted by molar-refractivity contribution is 7.88. The zero-order chi connectivity index (χ0) is 17.2. The van der Waals surface area contributed by atoms with Gasteiger partial charge in [-0.05, 0) is 35.4 Å². The van der Waals surface area contributed by atoms with Crippen LogP contribution in [0.15, 0.2) is 48.5 Å². The predicted octanol–water partition coefficient (Wildman–Crippen LogP) is 3.90. The SMILES string of the molecule is O=S(=O)(Cc1ccc(Cl)cc1)N1CCOC(c2ccc(Cl)cc2)C1. The summed E-state index contributed by atoms with van der Waals surface area (Å²) in [6, 6.07) is 14.1. The van der Waals surface area contributed by atoms with Crippen molar-refractivity contribution in [3.8, 4) is 0 Å². The van der Waals surface area contributed by atoms with Crippen molar-refractivity contribution < 1.29 is 13.2 Å². The highest BCUT2D eigenvalue weighted by Crippen LogP contribution is 2.26. The van der Waals surface area contributed by atoms with E-state index >= 15 is 0 Å². The monoisotopic (exact) mass is 385 g/mol. The van der Waals surface area contributed by atoms with Crippen molar-refractivity contribution in [3.63, 3.8) is 0 Å². The van der Waals surface area contributed by atoms with E-state index in [9.17, 15) is 8.42 Å². The first-order valence-electron chi connectivity index (χ1n) is 7.53. The van der Waals surface area contributed by atoms with E-state index in [-0.39, 0.29) is 11.9 Å². The van der Waals surface area contributed by atoms with Gasteiger partial charge in [0.05, 0.1) is 18.5 Å². The molecular weight excluding hydrogens is 369 g/mol. The first-order chi connectivity index (χ1) is 11.4. The maximum absolute atomic E-state index is 12.7. The first-order valence-corrected chi connectivity index (χ1v) is 9.90. The van der Waals surface area contributed by atoms with Gasteiger partial charge < -0.3 is 4.74 Å². The van der Waals surface area contributed by atoms with E-state index in [2.05, 4.69) is 0 Å². The Labute approximate surface area is 152 Å². The minimum atomic E-state index is -3.41. The molecular formula is C17H17Cl2NO3S. The smallest absolute Gasteiger partial charge is 0.218 e. The third kappa shape index (κ3) is 4.29. The fraction of sp³-hybridized carbons (Fsp3) is 0.294. The van der Waals surface area contributed by atoms with Crippen LogP contribution in [0, 0.1) is 0 Å². The first kappa shape index (κ1) is 17.7. The Morgan fingerprint density at radius 3 is 2.21 bits per heavy atom. The molecule has 1 atom stereocenters. The van der Waals surface area contributed by atoms with E-state index in [0.717, 1.165) is 5.56 Å². The maximum Gasteiger partial charge on any atom is 0.218 e. The molecule has 3 rings (SSSR count). The van der Waals surface area contributed by atoms with Gasteiger partial charge in [-0.15, -0.1) is 0 Å². The lowest BCUT2D eigenvalue weighted by Crippen LogP contribution is -2.42. The molecule has 0 amide bonds. The van der Waals surface area contributed by atoms with Gasteiger partial charge in [0.2, 0.25) is 10.0 Å². The van der Waals surface area contributed by atoms with Crippen LogP contribution in [0.4, 0.5) is 0 Å². The van der Waals surface area contributed by atoms with E-state index in [1.54, 1.807) is 36.4 Å². The van der Waals surface area contributed by atoms with Crippen LogP contribution in [0.1, 0.15) is 17.2 Å². The molecule has 1 fully saturated rings. The molecule has 0 saturated carbocycles. The molecule has 1 heterocycles. The molecule has 0 aromatic heterocycles. The zero-order valence-corrected chi connectivity index (χ0v) is 15.2. The molecule has 4 nitrogen and oxygen atoms in total. The highest BCUT2D eigenvalue weighted by Gasteiger charge is 2.30. The summed E-state index contributed by atoms with van der Waals surface area (Å²) in [5, 5.41) is 1.23. The Kier molecular flexibility index (Phi) is 5.47. The van der Waals surface area contributed by atoms with Crippen LogP contribution in [0.5, 0.6) is 0 Å². The summed E-state index contributed by atoms with van der Waals surface area (Å²) in [5.41, 5.74) is 1.64. The Bertz CT molecular complexity index is 792. The molecule has 1 saturated heterocycles. The van der Waals surface area contributed by atoms with Crippen molar-refractivity contribution in [1.29, 1.82) is 0 Å². The van der Waals surface area contributed by atoms with Crippen LogP contribution in [0.3, 0.4) is 0 Å². The lowest BCUT2D eigenvalue weighted by Gasteiger charge is -2.32. The van der Waals surface area contributed by atoms with Crippen molar-refractivity contribution in [2.75, 3.05) is 19.7 Å². The van der Waals surface area contributed by atoms with E-state index < -0.39 is 10.0 Å². The Balaban J connectivity index is 1.73. The molecule has 0 aliphatic carbocycles. The van der Waals surface area contributed by atoms with Gasteiger partial charge in [0, 0.05) is 23.1 Å². The van der Waals surface area contributed by atoms with Crippen LogP contribution in [-0.2, 0) is 20.5 Å². The van der Waals surface area contributed by atoms with Crippen molar-refractivity contribution >= 4 is 33.2 Å². The summed E-state index contributed by atoms with van der Waals surface area (Å²) in [5.74, 6) is -0.0441. The lowest BCUT2D eigenvalue weighted by molar-refractivity contribution is -0.00260. The molecule has 0 radical (unpaired) electrons. The minimum absolute atomic E-state index is 0.0441. The summed E-state index contributed by atoms with van der Waals surface area (Å²) in [6.45, 7) is 1.03. The van der Waals surface area contributed by atoms with Gasteiger partial charge in [-0.3, -0.25) is 0 Å². The topological polar surface area (TPSA) is 46.6 Å². The van der Waals surface area contributed by atoms with E-state index in [0.29, 0.717) is 35.3 Å². The standard InChI is InChI=1S/C17H17Cl2NO3S/c18-15-5-1-13(2-6-15)12-24(21,22)20-9-10-23-17(11-20)14-3-7-16(19)8-4-14/h1-8,17H,9-12H2. The number of sulfonamides is 1. The molecule has 24 heavy (non-hydrogen) atoms. The van der Waals surface area contributed by atoms with Crippen molar-refractivity contribution in [2.24, 2.45) is 0 Å². The second-order valence-electron chi connectivity index (χ2n) is 5.65. The van der Waals surface area contributed by atoms with Crippen LogP contribution >= 0.6 is 23.2 Å². The molecule has 1 aliphatic rings. The second kappa shape index (κ2) is 7.42. The highest BCUT2D eigenvalue weighted by atomic mass is 35.5. The molecule has 0 bridgehead atoms. The summed E-state index contributed by atoms with van der Waals surface area (Å²) in [6.07, 6.45) is -0.281. The molecule has 128 valence electrons. The fourth-order valence-corrected chi connectivity index (χ4v) is 4.40. The van der Waals surface area contributed by atoms with Gasteiger partial charge in [0.1, 0.15) is 0 Å². The minimum Gasteiger partial charge on any atom is -0.371 e. The number of halogens is 2. The predicted molar refractivity (Wildman–Crippen MR) is 95.8 cm³/mol. The zero-order valence-electron chi connectivity index (χ0n) is 12.9. The second-order valence-corrected chi connectivity index (χ2v) is 8.49. The fourth-order valence-electron chi connectivity index (χ4n) is 2.64. The van der Waals surface area contributed by atoms with Gasteiger partial charge in [0.25, 0.3) is 0 Å². The molecule has 0 spiro atoms. The molecule has 2 aromatic carbocycles. The van der Waals surface area contributed by atoms with Crippen LogP contribution in [0.2, 0.25) is 10.0 Å². The number of hydrogen-bond donors (Lipinski definition) is 0. The number of hydrogen-bond acceptors (Lipinski definition) is 3. The molecule has 7 heteroatoms. The summed E-state index contributed by atoms with van der Waals surface area (Å²) >= 11 is 11.7. The number of morpholine rings is 1. The van der Waals surface area contributed by atoms with Gasteiger partial charge in [-0.25, -0.2) is 8.42 Å². The quantitative estimate of drug-likeness (QED) is 0.801. The third-order valence-electron chi connectivity index (χ3n) is 3.93. The number of nitrogens with zero attached hydrogens (tertiary/aromatic N) is 1. The summed E-state index contributed by atoms with van der Waals surface area (Å²) in [4.78, 5) is 0. The average Bonchev–Trinajstić information content (AvgIpc) is 2.58. The van der Waals surface area contributed by atoms with Crippen molar-refractivity contribution in [3.05, 3.63) is 69.7 Å². The molecule has 1 aliphatic heterocycles. The molecule has 2 aromatic rings. The maximum atomic E-state index is 12.7. The summed E-state index contributed by atoms with van der Waals surface area (Å²) in [7, 11) is -3.41. The Morgan fingerprint density at radius 2 is 1.58 bits per heavy atom. The van der Waals surface area contributed by atoms with E-state index in [1.165, 1.54) is 4.31 Å². The summed E-state index contributed by atoms with van der Waals surface area (Å²) < 4.78 is 32.6. The Morgan fingerprint density at radius 1 is 1.00 bits per heavy atom. The molecule has 1 unspecified atom stereocenters. The van der Waals surface area contributed by atoms with Gasteiger partial charge in [-0.1, -0.05) is 47.5 Å². The van der Waals surface area contributed by atoms with Crippen LogP contribution in [0.25, 0.3) is 0 Å². The number of benzene rings is 2.